The van der Waals surface area contributed by atoms with Gasteiger partial charge in [0, 0.05) is 225 Å². The Bertz CT molecular complexity index is 3690. The second-order valence-electron chi connectivity index (χ2n) is 19.0. The summed E-state index contributed by atoms with van der Waals surface area (Å²) >= 11 is 1.79. The van der Waals surface area contributed by atoms with E-state index in [9.17, 15) is 59.3 Å². The summed E-state index contributed by atoms with van der Waals surface area (Å²) in [5.41, 5.74) is 3.81. The SMILES string of the molecule is CC.CC.CCCCNc1cc(C=O)cc(NS(=O)[O-])c1Oc1ccccc1.O=C(O)c1cc(NS(=O)[O-])c(Cl)cc1CCc1ccco1.[CH2-]C(=O)c1cc(NCCCC)c(Oc2ccccc2)c(NS(=O)[O-])c1.[CH2-]C(=O)c1cc(NS(=O)[O-])c(Cl)cc1CCc1ccco1.[CH3-].[CH3-].[Y].[Y].[Y].[Y]. The maximum atomic E-state index is 11.7. The van der Waals surface area contributed by atoms with Crippen LogP contribution in [0.1, 0.15) is 131 Å². The van der Waals surface area contributed by atoms with Crippen molar-refractivity contribution in [3.05, 3.63) is 230 Å². The Kier molecular flexibility index (Phi) is 59.5. The summed E-state index contributed by atoms with van der Waals surface area (Å²) in [6.07, 6.45) is 9.69. The van der Waals surface area contributed by atoms with Gasteiger partial charge in [-0.25, -0.2) is 4.79 Å². The van der Waals surface area contributed by atoms with Crippen molar-refractivity contribution in [1.29, 1.82) is 0 Å². The molecule has 0 bridgehead atoms. The maximum Gasteiger partial charge on any atom is 0.336 e. The molecule has 0 aliphatic carbocycles. The van der Waals surface area contributed by atoms with E-state index in [0.29, 0.717) is 102 Å². The number of aldehydes is 1. The average Bonchev–Trinajstić information content (AvgIpc) is 1.10. The summed E-state index contributed by atoms with van der Waals surface area (Å²) in [6.45, 7) is 20.2. The molecule has 0 spiro atoms. The Balaban J connectivity index is -0.000000600. The van der Waals surface area contributed by atoms with Crippen molar-refractivity contribution < 1.29 is 208 Å². The first-order chi connectivity index (χ1) is 45.6. The first-order valence-corrected chi connectivity index (χ1v) is 34.5. The summed E-state index contributed by atoms with van der Waals surface area (Å²) < 4.78 is 118. The number of carbonyl (C=O) groups excluding carboxylic acids is 3. The van der Waals surface area contributed by atoms with Gasteiger partial charge >= 0.3 is 5.97 Å². The van der Waals surface area contributed by atoms with Crippen molar-refractivity contribution in [2.75, 3.05) is 42.6 Å². The van der Waals surface area contributed by atoms with Crippen molar-refractivity contribution in [2.24, 2.45) is 0 Å². The van der Waals surface area contributed by atoms with E-state index in [1.54, 1.807) is 66.9 Å². The van der Waals surface area contributed by atoms with Crippen molar-refractivity contribution >= 4 is 126 Å². The zero-order valence-corrected chi connectivity index (χ0v) is 73.2. The molecule has 0 aliphatic heterocycles. The van der Waals surface area contributed by atoms with Crippen molar-refractivity contribution in [3.63, 3.8) is 0 Å². The van der Waals surface area contributed by atoms with Gasteiger partial charge in [0.25, 0.3) is 0 Å². The van der Waals surface area contributed by atoms with Crippen LogP contribution in [0.4, 0.5) is 34.1 Å². The van der Waals surface area contributed by atoms with E-state index in [4.69, 9.17) is 41.5 Å². The van der Waals surface area contributed by atoms with Crippen molar-refractivity contribution in [1.82, 2.24) is 0 Å². The van der Waals surface area contributed by atoms with Gasteiger partial charge in [-0.15, -0.1) is 34.9 Å². The quantitative estimate of drug-likeness (QED) is 0.00723. The molecular formula is C68H80Cl2N6O17S4Y4-8. The molecule has 4 atom stereocenters. The van der Waals surface area contributed by atoms with Crippen molar-refractivity contribution in [3.8, 4) is 23.0 Å². The summed E-state index contributed by atoms with van der Waals surface area (Å²) in [7, 11) is 0. The number of nitrogens with one attached hydrogen (secondary N) is 6. The number of aromatic carboxylic acids is 1. The summed E-state index contributed by atoms with van der Waals surface area (Å²) in [5, 5.41) is 16.0. The summed E-state index contributed by atoms with van der Waals surface area (Å²) in [5.74, 6) is 1.29. The van der Waals surface area contributed by atoms with Crippen LogP contribution < -0.4 is 39.0 Å². The number of halogens is 2. The number of unbranched alkanes of at least 4 members (excludes halogenated alkanes) is 2. The van der Waals surface area contributed by atoms with Crippen LogP contribution in [-0.2, 0) is 202 Å². The summed E-state index contributed by atoms with van der Waals surface area (Å²) in [6, 6.07) is 36.9. The molecule has 0 amide bonds. The molecule has 2 heterocycles. The van der Waals surface area contributed by atoms with E-state index in [2.05, 4.69) is 57.2 Å². The Labute approximate surface area is 713 Å². The van der Waals surface area contributed by atoms with Crippen LogP contribution >= 0.6 is 23.2 Å². The Morgan fingerprint density at radius 2 is 0.861 bits per heavy atom. The van der Waals surface area contributed by atoms with E-state index in [0.717, 1.165) is 37.2 Å². The van der Waals surface area contributed by atoms with E-state index < -0.39 is 62.6 Å². The Morgan fingerprint density at radius 1 is 0.505 bits per heavy atom. The Hall–Kier alpha value is -4.06. The number of Topliss-reactive ketones (excluding diaryl/α,β-unsaturated/α-hetero) is 2. The molecule has 0 aliphatic rings. The molecule has 101 heavy (non-hydrogen) atoms. The zero-order valence-electron chi connectivity index (χ0n) is 57.1. The molecule has 33 heteroatoms. The number of anilines is 6. The molecule has 542 valence electrons. The van der Waals surface area contributed by atoms with E-state index >= 15 is 0 Å². The van der Waals surface area contributed by atoms with Gasteiger partial charge in [0.05, 0.1) is 56.6 Å². The average molecular weight is 1810 g/mol. The minimum Gasteiger partial charge on any atom is -0.755 e. The van der Waals surface area contributed by atoms with Gasteiger partial charge < -0.3 is 95.6 Å². The third-order valence-corrected chi connectivity index (χ3v) is 14.6. The van der Waals surface area contributed by atoms with Crippen LogP contribution in [0, 0.1) is 28.7 Å². The molecule has 7 N–H and O–H groups in total. The third-order valence-electron chi connectivity index (χ3n) is 12.4. The van der Waals surface area contributed by atoms with E-state index in [1.807, 2.05) is 70.2 Å². The standard InChI is InChI=1S/C18H21N2O4S.C17H20N2O4S.C14H13ClNO4S.C13H12ClNO5S.2C2H6.2CH3.4Y/c1-3-4-10-19-16-11-14(13(2)21)12-17(20-25(22)23)18(16)24-15-8-6-5-7-9-15;1-2-3-9-18-15-10-13(12-20)11-16(19-24(21)22)17(15)23-14-7-5-4-6-8-14;1-9(17)12-8-14(16-21(18)19)13(15)7-10(12)4-5-11-3-2-6-20-11;14-11-6-8(3-4-9-2-1-5-20-9)10(13(16)17)7-12(11)15-21(18)19;2*1-2;;;;;;/h5-9,11-12,19-20H,2-4,10H2,1H3,(H,22,23);4-8,10-12,18-19H,2-3,9H2,1H3,(H,21,22);2-3,6-8,16H,1,4-5H2,(H,18,19);1-2,5-7,15H,3-4H2,(H,16,17)(H,18,19);2*1-2H3;2*1H3;;;;/q-1;;-1;;;;2*-1;;;;/p-4. The number of carbonyl (C=O) groups is 4. The molecule has 4 radical (unpaired) electrons. The largest absolute Gasteiger partial charge is 0.755 e. The van der Waals surface area contributed by atoms with Gasteiger partial charge in [-0.1, -0.05) is 120 Å². The number of ketones is 2. The number of ether oxygens (including phenoxy) is 2. The molecule has 4 unspecified atom stereocenters. The number of rotatable bonds is 30. The van der Waals surface area contributed by atoms with E-state index in [-0.39, 0.29) is 190 Å². The van der Waals surface area contributed by atoms with Crippen LogP contribution in [0.15, 0.2) is 155 Å². The minimum absolute atomic E-state index is 0. The van der Waals surface area contributed by atoms with Crippen LogP contribution in [-0.4, -0.2) is 77.1 Å². The monoisotopic (exact) mass is 1810 g/mol. The Morgan fingerprint density at radius 3 is 1.21 bits per heavy atom. The molecule has 6 aromatic carbocycles. The third kappa shape index (κ3) is 38.7. The molecule has 8 rings (SSSR count). The second kappa shape index (κ2) is 58.2. The van der Waals surface area contributed by atoms with Gasteiger partial charge in [0.1, 0.15) is 29.3 Å². The van der Waals surface area contributed by atoms with Crippen LogP contribution in [0.25, 0.3) is 0 Å². The van der Waals surface area contributed by atoms with Crippen LogP contribution in [0.5, 0.6) is 23.0 Å². The fourth-order valence-electron chi connectivity index (χ4n) is 8.20. The smallest absolute Gasteiger partial charge is 0.336 e. The number of aryl methyl sites for hydroxylation is 4. The minimum atomic E-state index is -2.58. The number of hydrogen-bond acceptors (Lipinski definition) is 18. The molecule has 8 aromatic rings. The van der Waals surface area contributed by atoms with Gasteiger partial charge in [0.2, 0.25) is 0 Å². The number of carboxylic acid groups (broad SMARTS) is 1. The predicted molar refractivity (Wildman–Crippen MR) is 385 cm³/mol. The molecule has 2 aromatic heterocycles. The predicted octanol–water partition coefficient (Wildman–Crippen LogP) is 16.1. The number of hydrogen-bond donors (Lipinski definition) is 7. The van der Waals surface area contributed by atoms with Gasteiger partial charge in [-0.3, -0.25) is 21.6 Å². The van der Waals surface area contributed by atoms with E-state index in [1.165, 1.54) is 36.6 Å². The fourth-order valence-corrected chi connectivity index (χ4v) is 10.1. The number of furan rings is 2. The number of para-hydroxylation sites is 2. The molecule has 0 fully saturated rings. The van der Waals surface area contributed by atoms with Crippen LogP contribution in [0.2, 0.25) is 10.0 Å². The fraction of sp³-hybridized carbons (Fsp3) is 0.235. The maximum absolute atomic E-state index is 11.7. The normalized spacial score (nSPS) is 10.8. The van der Waals surface area contributed by atoms with Gasteiger partial charge in [0.15, 0.2) is 11.5 Å². The molecular weight excluding hydrogens is 1730 g/mol. The number of carboxylic acids is 1. The second-order valence-corrected chi connectivity index (χ2v) is 22.5. The first kappa shape index (κ1) is 103. The van der Waals surface area contributed by atoms with Crippen LogP contribution in [0.3, 0.4) is 0 Å². The topological polar surface area (TPSA) is 366 Å². The number of benzene rings is 6. The van der Waals surface area contributed by atoms with Crippen molar-refractivity contribution in [2.45, 2.75) is 92.9 Å². The first-order valence-electron chi connectivity index (χ1n) is 29.4. The summed E-state index contributed by atoms with van der Waals surface area (Å²) in [4.78, 5) is 45.7. The zero-order chi connectivity index (χ0) is 70.4. The van der Waals surface area contributed by atoms with Gasteiger partial charge in [-0.05, 0) is 104 Å². The van der Waals surface area contributed by atoms with Gasteiger partial charge in [-0.2, -0.15) is 13.8 Å². The molecule has 0 saturated heterocycles. The molecule has 23 nitrogen and oxygen atoms in total. The molecule has 0 saturated carbocycles.